The first-order valence-corrected chi connectivity index (χ1v) is 10.7. The predicted molar refractivity (Wildman–Crippen MR) is 105 cm³/mol. The molecule has 9 heteroatoms. The van der Waals surface area contributed by atoms with Crippen molar-refractivity contribution in [3.05, 3.63) is 42.7 Å². The third kappa shape index (κ3) is 4.48. The number of aromatic nitrogens is 2. The summed E-state index contributed by atoms with van der Waals surface area (Å²) in [4.78, 5) is 13.1. The fourth-order valence-electron chi connectivity index (χ4n) is 3.29. The van der Waals surface area contributed by atoms with Gasteiger partial charge in [-0.25, -0.2) is 8.42 Å². The van der Waals surface area contributed by atoms with Crippen molar-refractivity contribution in [2.75, 3.05) is 28.9 Å². The van der Waals surface area contributed by atoms with E-state index < -0.39 is 15.6 Å². The van der Waals surface area contributed by atoms with Crippen molar-refractivity contribution in [3.8, 4) is 0 Å². The van der Waals surface area contributed by atoms with Crippen molar-refractivity contribution in [1.82, 2.24) is 15.1 Å². The Bertz CT molecular complexity index is 857. The van der Waals surface area contributed by atoms with E-state index in [0.717, 1.165) is 13.1 Å². The first kappa shape index (κ1) is 19.4. The second-order valence-corrected chi connectivity index (χ2v) is 8.53. The molecule has 0 radical (unpaired) electrons. The second-order valence-electron chi connectivity index (χ2n) is 6.68. The average molecular weight is 391 g/mol. The van der Waals surface area contributed by atoms with Crippen LogP contribution in [0.3, 0.4) is 0 Å². The van der Waals surface area contributed by atoms with E-state index in [9.17, 15) is 13.2 Å². The van der Waals surface area contributed by atoms with E-state index in [0.29, 0.717) is 30.6 Å². The molecule has 0 unspecified atom stereocenters. The van der Waals surface area contributed by atoms with Gasteiger partial charge < -0.3 is 10.6 Å². The number of rotatable bonds is 7. The standard InChI is InChI=1S/C18H25N5O3S/c1-2-14-27(25,26)22-16-6-4-15(5-7-16)21-17(24)18(8-11-19-12-9-18)23-13-3-10-20-23/h3-7,10,13,19,22H,2,8-9,11-12,14H2,1H3,(H,21,24). The highest BCUT2D eigenvalue weighted by Crippen LogP contribution is 2.29. The van der Waals surface area contributed by atoms with Crippen LogP contribution in [0.25, 0.3) is 0 Å². The van der Waals surface area contributed by atoms with Gasteiger partial charge in [-0.1, -0.05) is 6.92 Å². The van der Waals surface area contributed by atoms with Gasteiger partial charge in [0.05, 0.1) is 5.75 Å². The lowest BCUT2D eigenvalue weighted by Crippen LogP contribution is -2.52. The molecule has 0 spiro atoms. The van der Waals surface area contributed by atoms with E-state index in [2.05, 4.69) is 20.5 Å². The maximum Gasteiger partial charge on any atom is 0.252 e. The molecule has 0 atom stereocenters. The molecule has 2 heterocycles. The molecule has 3 rings (SSSR count). The number of piperidine rings is 1. The van der Waals surface area contributed by atoms with Crippen LogP contribution < -0.4 is 15.4 Å². The van der Waals surface area contributed by atoms with Gasteiger partial charge in [-0.3, -0.25) is 14.2 Å². The molecular weight excluding hydrogens is 366 g/mol. The van der Waals surface area contributed by atoms with Crippen LogP contribution in [0.4, 0.5) is 11.4 Å². The molecule has 1 saturated heterocycles. The van der Waals surface area contributed by atoms with Gasteiger partial charge in [0.15, 0.2) is 0 Å². The van der Waals surface area contributed by atoms with Gasteiger partial charge in [0.25, 0.3) is 5.91 Å². The third-order valence-electron chi connectivity index (χ3n) is 4.69. The van der Waals surface area contributed by atoms with Crippen LogP contribution in [0.15, 0.2) is 42.7 Å². The molecule has 1 amide bonds. The molecule has 146 valence electrons. The monoisotopic (exact) mass is 391 g/mol. The Labute approximate surface area is 159 Å². The molecule has 1 fully saturated rings. The number of carbonyl (C=O) groups excluding carboxylic acids is 1. The van der Waals surface area contributed by atoms with E-state index in [-0.39, 0.29) is 11.7 Å². The topological polar surface area (TPSA) is 105 Å². The van der Waals surface area contributed by atoms with E-state index in [1.807, 2.05) is 19.2 Å². The average Bonchev–Trinajstić information content (AvgIpc) is 3.19. The van der Waals surface area contributed by atoms with Crippen molar-refractivity contribution < 1.29 is 13.2 Å². The number of amides is 1. The van der Waals surface area contributed by atoms with Crippen LogP contribution in [0.2, 0.25) is 0 Å². The number of nitrogens with zero attached hydrogens (tertiary/aromatic N) is 2. The number of hydrogen-bond acceptors (Lipinski definition) is 5. The predicted octanol–water partition coefficient (Wildman–Crippen LogP) is 1.75. The Hall–Kier alpha value is -2.39. The van der Waals surface area contributed by atoms with E-state index in [1.54, 1.807) is 35.1 Å². The number of carbonyl (C=O) groups is 1. The Kier molecular flexibility index (Phi) is 5.81. The zero-order valence-corrected chi connectivity index (χ0v) is 16.1. The fourth-order valence-corrected chi connectivity index (χ4v) is 4.43. The lowest BCUT2D eigenvalue weighted by Gasteiger charge is -2.36. The van der Waals surface area contributed by atoms with Gasteiger partial charge in [0.1, 0.15) is 5.54 Å². The van der Waals surface area contributed by atoms with Crippen molar-refractivity contribution >= 4 is 27.3 Å². The summed E-state index contributed by atoms with van der Waals surface area (Å²) in [6.45, 7) is 3.30. The Morgan fingerprint density at radius 2 is 1.89 bits per heavy atom. The summed E-state index contributed by atoms with van der Waals surface area (Å²) in [5.74, 6) is -0.0432. The molecule has 1 aromatic carbocycles. The molecule has 1 aliphatic rings. The van der Waals surface area contributed by atoms with Crippen LogP contribution in [0, 0.1) is 0 Å². The van der Waals surface area contributed by atoms with Crippen molar-refractivity contribution in [1.29, 1.82) is 0 Å². The van der Waals surface area contributed by atoms with Crippen molar-refractivity contribution in [3.63, 3.8) is 0 Å². The van der Waals surface area contributed by atoms with E-state index >= 15 is 0 Å². The molecule has 0 aliphatic carbocycles. The number of benzene rings is 1. The molecule has 27 heavy (non-hydrogen) atoms. The summed E-state index contributed by atoms with van der Waals surface area (Å²) in [6, 6.07) is 8.49. The molecule has 3 N–H and O–H groups in total. The van der Waals surface area contributed by atoms with Gasteiger partial charge in [-0.15, -0.1) is 0 Å². The minimum absolute atomic E-state index is 0.0753. The Morgan fingerprint density at radius 3 is 2.48 bits per heavy atom. The highest BCUT2D eigenvalue weighted by atomic mass is 32.2. The highest BCUT2D eigenvalue weighted by Gasteiger charge is 2.42. The van der Waals surface area contributed by atoms with Crippen LogP contribution >= 0.6 is 0 Å². The largest absolute Gasteiger partial charge is 0.324 e. The van der Waals surface area contributed by atoms with Crippen LogP contribution in [-0.2, 0) is 20.4 Å². The minimum Gasteiger partial charge on any atom is -0.324 e. The summed E-state index contributed by atoms with van der Waals surface area (Å²) >= 11 is 0. The zero-order chi connectivity index (χ0) is 19.3. The van der Waals surface area contributed by atoms with E-state index in [4.69, 9.17) is 0 Å². The quantitative estimate of drug-likeness (QED) is 0.667. The summed E-state index contributed by atoms with van der Waals surface area (Å²) < 4.78 is 28.0. The first-order chi connectivity index (χ1) is 13.0. The molecule has 1 aliphatic heterocycles. The summed E-state index contributed by atoms with van der Waals surface area (Å²) in [7, 11) is -3.33. The molecule has 2 aromatic rings. The Morgan fingerprint density at radius 1 is 1.22 bits per heavy atom. The van der Waals surface area contributed by atoms with Crippen molar-refractivity contribution in [2.45, 2.75) is 31.7 Å². The highest BCUT2D eigenvalue weighted by molar-refractivity contribution is 7.92. The summed E-state index contributed by atoms with van der Waals surface area (Å²) in [6.07, 6.45) is 5.34. The maximum atomic E-state index is 13.1. The second kappa shape index (κ2) is 8.10. The summed E-state index contributed by atoms with van der Waals surface area (Å²) in [5, 5.41) is 10.5. The number of anilines is 2. The minimum atomic E-state index is -3.33. The van der Waals surface area contributed by atoms with E-state index in [1.165, 1.54) is 0 Å². The van der Waals surface area contributed by atoms with Gasteiger partial charge in [0, 0.05) is 23.8 Å². The normalized spacial score (nSPS) is 16.6. The lowest BCUT2D eigenvalue weighted by molar-refractivity contribution is -0.126. The van der Waals surface area contributed by atoms with Crippen LogP contribution in [0.5, 0.6) is 0 Å². The van der Waals surface area contributed by atoms with Crippen LogP contribution in [-0.4, -0.2) is 42.9 Å². The fraction of sp³-hybridized carbons (Fsp3) is 0.444. The summed E-state index contributed by atoms with van der Waals surface area (Å²) in [5.41, 5.74) is 0.365. The smallest absolute Gasteiger partial charge is 0.252 e. The van der Waals surface area contributed by atoms with Gasteiger partial charge >= 0.3 is 0 Å². The zero-order valence-electron chi connectivity index (χ0n) is 15.3. The molecule has 0 bridgehead atoms. The maximum absolute atomic E-state index is 13.1. The SMILES string of the molecule is CCCS(=O)(=O)Nc1ccc(NC(=O)C2(n3cccn3)CCNCC2)cc1. The van der Waals surface area contributed by atoms with Crippen LogP contribution in [0.1, 0.15) is 26.2 Å². The Balaban J connectivity index is 1.73. The number of hydrogen-bond donors (Lipinski definition) is 3. The first-order valence-electron chi connectivity index (χ1n) is 9.08. The number of sulfonamides is 1. The van der Waals surface area contributed by atoms with Crippen molar-refractivity contribution in [2.24, 2.45) is 0 Å². The lowest BCUT2D eigenvalue weighted by atomic mass is 9.87. The number of nitrogens with one attached hydrogen (secondary N) is 3. The molecule has 8 nitrogen and oxygen atoms in total. The molecule has 1 aromatic heterocycles. The van der Waals surface area contributed by atoms with Gasteiger partial charge in [-0.2, -0.15) is 5.10 Å². The third-order valence-corrected chi connectivity index (χ3v) is 6.18. The van der Waals surface area contributed by atoms with Gasteiger partial charge in [-0.05, 0) is 62.7 Å². The molecule has 0 saturated carbocycles. The van der Waals surface area contributed by atoms with Gasteiger partial charge in [0.2, 0.25) is 10.0 Å². The molecular formula is C18H25N5O3S.